The van der Waals surface area contributed by atoms with Crippen LogP contribution < -0.4 is 15.4 Å². The molecule has 1 aromatic heterocycles. The summed E-state index contributed by atoms with van der Waals surface area (Å²) in [5.41, 5.74) is 2.16. The van der Waals surface area contributed by atoms with Crippen LogP contribution in [0.1, 0.15) is 20.8 Å². The fourth-order valence-corrected chi connectivity index (χ4v) is 4.46. The van der Waals surface area contributed by atoms with Crippen molar-refractivity contribution in [3.05, 3.63) is 76.1 Å². The van der Waals surface area contributed by atoms with E-state index in [9.17, 15) is 19.5 Å². The molecular formula is C25H23BrClN5O5S. The predicted molar refractivity (Wildman–Crippen MR) is 151 cm³/mol. The van der Waals surface area contributed by atoms with Gasteiger partial charge in [-0.05, 0) is 60.4 Å². The van der Waals surface area contributed by atoms with Gasteiger partial charge in [-0.3, -0.25) is 25.2 Å². The normalized spacial score (nSPS) is 10.4. The lowest BCUT2D eigenvalue weighted by Gasteiger charge is -2.23. The maximum absolute atomic E-state index is 13.8. The van der Waals surface area contributed by atoms with Crippen LogP contribution in [0.25, 0.3) is 11.3 Å². The van der Waals surface area contributed by atoms with Crippen LogP contribution in [0.3, 0.4) is 0 Å². The molecule has 0 aliphatic rings. The van der Waals surface area contributed by atoms with Gasteiger partial charge in [0.15, 0.2) is 0 Å². The van der Waals surface area contributed by atoms with Gasteiger partial charge in [0.25, 0.3) is 5.91 Å². The number of nitrogens with one attached hydrogen (secondary N) is 3. The van der Waals surface area contributed by atoms with E-state index in [1.165, 1.54) is 6.07 Å². The number of carbonyl (C=O) groups excluding carboxylic acids is 2. The van der Waals surface area contributed by atoms with E-state index < -0.39 is 18.0 Å². The van der Waals surface area contributed by atoms with Crippen molar-refractivity contribution in [2.24, 2.45) is 0 Å². The standard InChI is InChI=1S/C25H23BrClN5O5S/c1-3-10-37-17-7-5-16(6-8-17)22-21(14(2)38-31-22)23(34)32(24(28)30-25(35)36)13-15-4-9-19(18(27)11-15)29-20(33)12-26/h3-9,11H,1,10,12-13H2,2H3,(H2,28,30)(H,29,33)(H,35,36). The SMILES string of the molecule is C=CCOc1ccc(-c2nsc(C)c2C(=O)N(Cc2ccc(NC(=O)CBr)c(Cl)c2)C(=N)NC(=O)O)cc1. The van der Waals surface area contributed by atoms with Gasteiger partial charge in [0, 0.05) is 10.4 Å². The van der Waals surface area contributed by atoms with Crippen molar-refractivity contribution in [2.45, 2.75) is 13.5 Å². The molecule has 3 rings (SSSR count). The second-order valence-corrected chi connectivity index (χ2v) is 9.70. The Kier molecular flexibility index (Phi) is 9.99. The Morgan fingerprint density at radius 2 is 1.97 bits per heavy atom. The predicted octanol–water partition coefficient (Wildman–Crippen LogP) is 5.51. The first-order chi connectivity index (χ1) is 18.1. The number of alkyl halides is 1. The molecule has 0 atom stereocenters. The molecule has 0 fully saturated rings. The van der Waals surface area contributed by atoms with Crippen molar-refractivity contribution >= 4 is 68.6 Å². The summed E-state index contributed by atoms with van der Waals surface area (Å²) in [5, 5.41) is 22.4. The number of aryl methyl sites for hydroxylation is 1. The zero-order valence-corrected chi connectivity index (χ0v) is 23.2. The Hall–Kier alpha value is -3.74. The van der Waals surface area contributed by atoms with E-state index in [1.54, 1.807) is 49.4 Å². The molecule has 10 nitrogen and oxygen atoms in total. The Balaban J connectivity index is 1.95. The van der Waals surface area contributed by atoms with Gasteiger partial charge in [-0.25, -0.2) is 4.79 Å². The number of anilines is 1. The molecule has 0 aliphatic carbocycles. The molecule has 0 unspecified atom stereocenters. The smallest absolute Gasteiger partial charge is 0.411 e. The van der Waals surface area contributed by atoms with Crippen LogP contribution in [-0.2, 0) is 11.3 Å². The molecule has 3 amide bonds. The van der Waals surface area contributed by atoms with Gasteiger partial charge in [0.2, 0.25) is 11.9 Å². The molecule has 0 bridgehead atoms. The molecular weight excluding hydrogens is 598 g/mol. The van der Waals surface area contributed by atoms with Gasteiger partial charge >= 0.3 is 6.09 Å². The minimum absolute atomic E-state index is 0.0896. The van der Waals surface area contributed by atoms with Crippen LogP contribution in [-0.4, -0.2) is 50.2 Å². The zero-order valence-electron chi connectivity index (χ0n) is 20.1. The lowest BCUT2D eigenvalue weighted by atomic mass is 10.0. The number of halogens is 2. The number of hydrogen-bond acceptors (Lipinski definition) is 7. The monoisotopic (exact) mass is 619 g/mol. The average Bonchev–Trinajstić information content (AvgIpc) is 3.28. The van der Waals surface area contributed by atoms with Crippen molar-refractivity contribution in [1.29, 1.82) is 5.41 Å². The van der Waals surface area contributed by atoms with E-state index in [0.29, 0.717) is 39.7 Å². The topological polar surface area (TPSA) is 145 Å². The quantitative estimate of drug-likeness (QED) is 0.107. The van der Waals surface area contributed by atoms with Crippen LogP contribution in [0.4, 0.5) is 10.5 Å². The van der Waals surface area contributed by atoms with Crippen molar-refractivity contribution < 1.29 is 24.2 Å². The van der Waals surface area contributed by atoms with E-state index in [2.05, 4.69) is 32.2 Å². The summed E-state index contributed by atoms with van der Waals surface area (Å²) in [6.45, 7) is 5.51. The molecule has 3 aromatic rings. The molecule has 38 heavy (non-hydrogen) atoms. The highest BCUT2D eigenvalue weighted by Gasteiger charge is 2.28. The Bertz CT molecular complexity index is 1380. The van der Waals surface area contributed by atoms with Crippen molar-refractivity contribution in [3.8, 4) is 17.0 Å². The Labute approximate surface area is 236 Å². The first-order valence-electron chi connectivity index (χ1n) is 11.0. The lowest BCUT2D eigenvalue weighted by Crippen LogP contribution is -2.46. The highest BCUT2D eigenvalue weighted by Crippen LogP contribution is 2.31. The maximum Gasteiger partial charge on any atom is 0.411 e. The first-order valence-corrected chi connectivity index (χ1v) is 13.3. The van der Waals surface area contributed by atoms with E-state index in [1.807, 2.05) is 5.32 Å². The summed E-state index contributed by atoms with van der Waals surface area (Å²) >= 11 is 10.5. The third kappa shape index (κ3) is 7.18. The number of hydrogen-bond donors (Lipinski definition) is 4. The third-order valence-corrected chi connectivity index (χ3v) is 6.66. The van der Waals surface area contributed by atoms with Gasteiger partial charge in [-0.2, -0.15) is 4.37 Å². The highest BCUT2D eigenvalue weighted by molar-refractivity contribution is 9.09. The van der Waals surface area contributed by atoms with Crippen LogP contribution >= 0.6 is 39.1 Å². The van der Waals surface area contributed by atoms with E-state index >= 15 is 0 Å². The summed E-state index contributed by atoms with van der Waals surface area (Å²) in [4.78, 5) is 38.3. The average molecular weight is 621 g/mol. The van der Waals surface area contributed by atoms with Crippen molar-refractivity contribution in [3.63, 3.8) is 0 Å². The van der Waals surface area contributed by atoms with Gasteiger partial charge < -0.3 is 15.2 Å². The molecule has 2 aromatic carbocycles. The summed E-state index contributed by atoms with van der Waals surface area (Å²) in [6.07, 6.45) is 0.137. The third-order valence-electron chi connectivity index (χ3n) is 5.08. The van der Waals surface area contributed by atoms with E-state index in [-0.39, 0.29) is 28.4 Å². The zero-order chi connectivity index (χ0) is 27.8. The number of amides is 3. The van der Waals surface area contributed by atoms with Crippen molar-refractivity contribution in [1.82, 2.24) is 14.6 Å². The highest BCUT2D eigenvalue weighted by atomic mass is 79.9. The fraction of sp³-hybridized carbons (Fsp3) is 0.160. The van der Waals surface area contributed by atoms with E-state index in [4.69, 9.17) is 21.7 Å². The van der Waals surface area contributed by atoms with Crippen LogP contribution in [0.2, 0.25) is 5.02 Å². The number of benzene rings is 2. The summed E-state index contributed by atoms with van der Waals surface area (Å²) in [6, 6.07) is 11.7. The van der Waals surface area contributed by atoms with Crippen LogP contribution in [0.15, 0.2) is 55.1 Å². The number of guanidine groups is 1. The number of ether oxygens (including phenoxy) is 1. The number of carbonyl (C=O) groups is 3. The molecule has 198 valence electrons. The van der Waals surface area contributed by atoms with Gasteiger partial charge in [0.05, 0.1) is 33.8 Å². The molecule has 13 heteroatoms. The first kappa shape index (κ1) is 28.8. The van der Waals surface area contributed by atoms with Crippen LogP contribution in [0, 0.1) is 12.3 Å². The van der Waals surface area contributed by atoms with E-state index in [0.717, 1.165) is 16.4 Å². The van der Waals surface area contributed by atoms with Crippen molar-refractivity contribution in [2.75, 3.05) is 17.3 Å². The molecule has 0 saturated heterocycles. The molecule has 0 spiro atoms. The number of carboxylic acid groups (broad SMARTS) is 1. The Morgan fingerprint density at radius 1 is 1.26 bits per heavy atom. The molecule has 0 saturated carbocycles. The minimum atomic E-state index is -1.49. The summed E-state index contributed by atoms with van der Waals surface area (Å²) < 4.78 is 9.94. The molecule has 0 aliphatic heterocycles. The number of rotatable bonds is 9. The summed E-state index contributed by atoms with van der Waals surface area (Å²) in [5.74, 6) is -0.933. The lowest BCUT2D eigenvalue weighted by molar-refractivity contribution is -0.113. The van der Waals surface area contributed by atoms with Gasteiger partial charge in [-0.15, -0.1) is 0 Å². The molecule has 1 heterocycles. The second kappa shape index (κ2) is 13.2. The second-order valence-electron chi connectivity index (χ2n) is 7.75. The largest absolute Gasteiger partial charge is 0.490 e. The fourth-order valence-electron chi connectivity index (χ4n) is 3.37. The number of aromatic nitrogens is 1. The maximum atomic E-state index is 13.8. The van der Waals surface area contributed by atoms with Crippen LogP contribution in [0.5, 0.6) is 5.75 Å². The number of nitrogens with zero attached hydrogens (tertiary/aromatic N) is 2. The minimum Gasteiger partial charge on any atom is -0.490 e. The Morgan fingerprint density at radius 3 is 2.58 bits per heavy atom. The molecule has 4 N–H and O–H groups in total. The summed E-state index contributed by atoms with van der Waals surface area (Å²) in [7, 11) is 0. The van der Waals surface area contributed by atoms with Gasteiger partial charge in [-0.1, -0.05) is 46.3 Å². The molecule has 0 radical (unpaired) electrons. The van der Waals surface area contributed by atoms with Gasteiger partial charge in [0.1, 0.15) is 12.4 Å².